The molecule has 0 bridgehead atoms. The Morgan fingerprint density at radius 3 is 2.84 bits per heavy atom. The van der Waals surface area contributed by atoms with Gasteiger partial charge in [-0.3, -0.25) is 14.7 Å². The molecule has 0 aliphatic carbocycles. The zero-order chi connectivity index (χ0) is 13.8. The maximum Gasteiger partial charge on any atom is 0.232 e. The lowest BCUT2D eigenvalue weighted by molar-refractivity contribution is -0.117. The van der Waals surface area contributed by atoms with E-state index in [1.54, 1.807) is 13.0 Å². The summed E-state index contributed by atoms with van der Waals surface area (Å²) in [7, 11) is 0. The molecular formula is C13H13FN4O. The number of nitrogen functional groups attached to an aromatic ring is 1. The summed E-state index contributed by atoms with van der Waals surface area (Å²) in [6, 6.07) is 4.54. The monoisotopic (exact) mass is 260 g/mol. The smallest absolute Gasteiger partial charge is 0.232 e. The molecule has 2 heterocycles. The molecular weight excluding hydrogens is 247 g/mol. The van der Waals surface area contributed by atoms with E-state index in [9.17, 15) is 9.18 Å². The van der Waals surface area contributed by atoms with Crippen molar-refractivity contribution in [1.29, 1.82) is 0 Å². The van der Waals surface area contributed by atoms with E-state index < -0.39 is 5.82 Å². The van der Waals surface area contributed by atoms with Crippen molar-refractivity contribution in [3.63, 3.8) is 0 Å². The minimum atomic E-state index is -0.589. The largest absolute Gasteiger partial charge is 0.399 e. The summed E-state index contributed by atoms with van der Waals surface area (Å²) in [5, 5.41) is 0. The Balaban J connectivity index is 2.54. The Kier molecular flexibility index (Phi) is 3.70. The number of hydrogen-bond acceptors (Lipinski definition) is 4. The van der Waals surface area contributed by atoms with E-state index >= 15 is 0 Å². The van der Waals surface area contributed by atoms with Crippen molar-refractivity contribution in [2.75, 3.05) is 10.6 Å². The molecule has 19 heavy (non-hydrogen) atoms. The van der Waals surface area contributed by atoms with Gasteiger partial charge in [-0.2, -0.15) is 0 Å². The van der Waals surface area contributed by atoms with E-state index in [4.69, 9.17) is 5.73 Å². The molecule has 98 valence electrons. The van der Waals surface area contributed by atoms with Crippen LogP contribution < -0.4 is 10.6 Å². The first-order valence-corrected chi connectivity index (χ1v) is 5.77. The van der Waals surface area contributed by atoms with Crippen molar-refractivity contribution >= 4 is 23.1 Å². The van der Waals surface area contributed by atoms with Crippen LogP contribution in [0.2, 0.25) is 0 Å². The Morgan fingerprint density at radius 1 is 1.42 bits per heavy atom. The van der Waals surface area contributed by atoms with Gasteiger partial charge in [-0.1, -0.05) is 6.92 Å². The lowest BCUT2D eigenvalue weighted by Crippen LogP contribution is -2.26. The lowest BCUT2D eigenvalue weighted by Gasteiger charge is -2.21. The zero-order valence-electron chi connectivity index (χ0n) is 10.4. The molecule has 0 atom stereocenters. The third-order valence-corrected chi connectivity index (χ3v) is 2.54. The molecule has 0 saturated heterocycles. The second-order valence-corrected chi connectivity index (χ2v) is 3.86. The average molecular weight is 260 g/mol. The highest BCUT2D eigenvalue weighted by Crippen LogP contribution is 2.27. The molecule has 0 aromatic carbocycles. The fraction of sp³-hybridized carbons (Fsp3) is 0.154. The van der Waals surface area contributed by atoms with Gasteiger partial charge in [-0.05, 0) is 12.1 Å². The van der Waals surface area contributed by atoms with Crippen molar-refractivity contribution in [3.8, 4) is 0 Å². The lowest BCUT2D eigenvalue weighted by atomic mass is 10.2. The van der Waals surface area contributed by atoms with E-state index in [0.29, 0.717) is 5.69 Å². The molecule has 2 aromatic rings. The van der Waals surface area contributed by atoms with Crippen LogP contribution in [0.3, 0.4) is 0 Å². The van der Waals surface area contributed by atoms with E-state index in [-0.39, 0.29) is 23.8 Å². The van der Waals surface area contributed by atoms with Crippen LogP contribution in [0.1, 0.15) is 13.3 Å². The number of nitrogens with two attached hydrogens (primary N) is 1. The van der Waals surface area contributed by atoms with Crippen LogP contribution in [0.25, 0.3) is 0 Å². The number of carbonyl (C=O) groups is 1. The van der Waals surface area contributed by atoms with Crippen molar-refractivity contribution < 1.29 is 9.18 Å². The highest BCUT2D eigenvalue weighted by atomic mass is 19.1. The quantitative estimate of drug-likeness (QED) is 0.918. The second-order valence-electron chi connectivity index (χ2n) is 3.86. The van der Waals surface area contributed by atoms with Crippen LogP contribution in [0.5, 0.6) is 0 Å². The van der Waals surface area contributed by atoms with Crippen LogP contribution >= 0.6 is 0 Å². The molecule has 0 radical (unpaired) electrons. The third-order valence-electron chi connectivity index (χ3n) is 2.54. The number of aromatic nitrogens is 2. The number of halogens is 1. The first-order chi connectivity index (χ1) is 9.13. The normalized spacial score (nSPS) is 10.2. The molecule has 0 unspecified atom stereocenters. The molecule has 0 spiro atoms. The summed E-state index contributed by atoms with van der Waals surface area (Å²) in [6.07, 6.45) is 4.16. The van der Waals surface area contributed by atoms with Crippen molar-refractivity contribution in [3.05, 3.63) is 42.6 Å². The fourth-order valence-electron chi connectivity index (χ4n) is 1.65. The number of rotatable bonds is 3. The highest BCUT2D eigenvalue weighted by molar-refractivity contribution is 5.99. The first kappa shape index (κ1) is 12.9. The van der Waals surface area contributed by atoms with Crippen molar-refractivity contribution in [1.82, 2.24) is 9.97 Å². The second kappa shape index (κ2) is 5.43. The number of nitrogens with zero attached hydrogens (tertiary/aromatic N) is 3. The van der Waals surface area contributed by atoms with Gasteiger partial charge in [0.1, 0.15) is 5.82 Å². The number of anilines is 3. The molecule has 2 rings (SSSR count). The van der Waals surface area contributed by atoms with Crippen LogP contribution in [-0.4, -0.2) is 15.9 Å². The summed E-state index contributed by atoms with van der Waals surface area (Å²) >= 11 is 0. The van der Waals surface area contributed by atoms with Gasteiger partial charge in [-0.25, -0.2) is 9.37 Å². The minimum absolute atomic E-state index is 0.111. The van der Waals surface area contributed by atoms with E-state index in [1.165, 1.54) is 29.4 Å². The predicted molar refractivity (Wildman–Crippen MR) is 70.3 cm³/mol. The van der Waals surface area contributed by atoms with Crippen LogP contribution in [-0.2, 0) is 4.79 Å². The summed E-state index contributed by atoms with van der Waals surface area (Å²) in [4.78, 5) is 21.0. The van der Waals surface area contributed by atoms with E-state index in [2.05, 4.69) is 9.97 Å². The SMILES string of the molecule is CCC(=O)N(c1cc(N)ccn1)c1ccncc1F. The molecule has 0 aliphatic heterocycles. The number of hydrogen-bond donors (Lipinski definition) is 1. The summed E-state index contributed by atoms with van der Waals surface area (Å²) in [5.74, 6) is -0.575. The number of carbonyl (C=O) groups excluding carboxylic acids is 1. The average Bonchev–Trinajstić information content (AvgIpc) is 2.41. The standard InChI is InChI=1S/C13H13FN4O/c1-2-13(19)18(11-4-5-16-8-10(11)14)12-7-9(15)3-6-17-12/h3-8H,2H2,1H3,(H2,15,17). The maximum atomic E-state index is 13.8. The van der Waals surface area contributed by atoms with Gasteiger partial charge >= 0.3 is 0 Å². The van der Waals surface area contributed by atoms with Crippen LogP contribution in [0.15, 0.2) is 36.8 Å². The first-order valence-electron chi connectivity index (χ1n) is 5.77. The van der Waals surface area contributed by atoms with E-state index in [0.717, 1.165) is 6.20 Å². The molecule has 0 aliphatic rings. The van der Waals surface area contributed by atoms with Gasteiger partial charge < -0.3 is 5.73 Å². The molecule has 2 N–H and O–H groups in total. The molecule has 5 nitrogen and oxygen atoms in total. The molecule has 0 fully saturated rings. The van der Waals surface area contributed by atoms with Gasteiger partial charge in [0.2, 0.25) is 5.91 Å². The molecule has 0 saturated carbocycles. The summed E-state index contributed by atoms with van der Waals surface area (Å²) < 4.78 is 13.8. The molecule has 2 aromatic heterocycles. The fourth-order valence-corrected chi connectivity index (χ4v) is 1.65. The van der Waals surface area contributed by atoms with Gasteiger partial charge in [0.15, 0.2) is 5.82 Å². The Bertz CT molecular complexity index is 603. The van der Waals surface area contributed by atoms with Crippen molar-refractivity contribution in [2.45, 2.75) is 13.3 Å². The summed E-state index contributed by atoms with van der Waals surface area (Å²) in [6.45, 7) is 1.70. The van der Waals surface area contributed by atoms with Crippen molar-refractivity contribution in [2.24, 2.45) is 0 Å². The Labute approximate surface area is 109 Å². The van der Waals surface area contributed by atoms with Gasteiger partial charge in [0, 0.05) is 30.6 Å². The molecule has 1 amide bonds. The minimum Gasteiger partial charge on any atom is -0.399 e. The summed E-state index contributed by atoms with van der Waals surface area (Å²) in [5.41, 5.74) is 6.23. The van der Waals surface area contributed by atoms with Gasteiger partial charge in [0.25, 0.3) is 0 Å². The predicted octanol–water partition coefficient (Wildman–Crippen LogP) is 2.27. The van der Waals surface area contributed by atoms with Crippen LogP contribution in [0.4, 0.5) is 21.6 Å². The van der Waals surface area contributed by atoms with Gasteiger partial charge in [-0.15, -0.1) is 0 Å². The van der Waals surface area contributed by atoms with E-state index in [1.807, 2.05) is 0 Å². The zero-order valence-corrected chi connectivity index (χ0v) is 10.4. The Hall–Kier alpha value is -2.50. The van der Waals surface area contributed by atoms with Crippen LogP contribution in [0, 0.1) is 5.82 Å². The Morgan fingerprint density at radius 2 is 2.21 bits per heavy atom. The topological polar surface area (TPSA) is 72.1 Å². The maximum absolute atomic E-state index is 13.8. The number of pyridine rings is 2. The highest BCUT2D eigenvalue weighted by Gasteiger charge is 2.20. The molecule has 6 heteroatoms. The third kappa shape index (κ3) is 2.67. The van der Waals surface area contributed by atoms with Gasteiger partial charge in [0.05, 0.1) is 11.9 Å². The number of amides is 1.